The molecule has 1 aliphatic heterocycles. The van der Waals surface area contributed by atoms with Crippen LogP contribution >= 0.6 is 0 Å². The van der Waals surface area contributed by atoms with E-state index in [1.54, 1.807) is 0 Å². The van der Waals surface area contributed by atoms with Gasteiger partial charge in [0.1, 0.15) is 0 Å². The fourth-order valence-electron chi connectivity index (χ4n) is 2.53. The predicted molar refractivity (Wildman–Crippen MR) is 65.0 cm³/mol. The minimum absolute atomic E-state index is 0.0330. The van der Waals surface area contributed by atoms with Crippen LogP contribution in [0.15, 0.2) is 0 Å². The third-order valence-electron chi connectivity index (χ3n) is 3.62. The molecule has 1 saturated heterocycles. The molecule has 0 aromatic heterocycles. The Hall–Kier alpha value is -0.130. The van der Waals surface area contributed by atoms with E-state index < -0.39 is 9.84 Å². The number of rotatable bonds is 4. The minimum atomic E-state index is -2.91. The summed E-state index contributed by atoms with van der Waals surface area (Å²) in [6.45, 7) is 5.27. The first-order valence-corrected chi connectivity index (χ1v) is 7.93. The molecule has 0 aromatic rings. The van der Waals surface area contributed by atoms with Gasteiger partial charge in [0, 0.05) is 24.7 Å². The standard InChI is InChI=1S/C11H22N2O2S/c1-8(2)13(5-9-3-4-9)11-7-16(14,15)6-10(11)12/h8-11H,3-7,12H2,1-2H3. The smallest absolute Gasteiger partial charge is 0.153 e. The van der Waals surface area contributed by atoms with Crippen molar-refractivity contribution in [2.24, 2.45) is 11.7 Å². The summed E-state index contributed by atoms with van der Waals surface area (Å²) in [6.07, 6.45) is 2.58. The molecule has 2 unspecified atom stereocenters. The second-order valence-electron chi connectivity index (χ2n) is 5.54. The van der Waals surface area contributed by atoms with E-state index in [1.165, 1.54) is 12.8 Å². The molecule has 16 heavy (non-hydrogen) atoms. The first-order valence-electron chi connectivity index (χ1n) is 6.11. The number of nitrogens with zero attached hydrogens (tertiary/aromatic N) is 1. The fraction of sp³-hybridized carbons (Fsp3) is 1.00. The Kier molecular flexibility index (Phi) is 3.29. The Morgan fingerprint density at radius 2 is 1.94 bits per heavy atom. The quantitative estimate of drug-likeness (QED) is 0.771. The van der Waals surface area contributed by atoms with Gasteiger partial charge >= 0.3 is 0 Å². The highest BCUT2D eigenvalue weighted by Gasteiger charge is 2.41. The van der Waals surface area contributed by atoms with Gasteiger partial charge in [0.2, 0.25) is 0 Å². The van der Waals surface area contributed by atoms with E-state index in [9.17, 15) is 8.42 Å². The molecule has 2 fully saturated rings. The van der Waals surface area contributed by atoms with Crippen LogP contribution in [-0.4, -0.2) is 49.5 Å². The molecule has 4 nitrogen and oxygen atoms in total. The normalized spacial score (nSPS) is 33.8. The largest absolute Gasteiger partial charge is 0.325 e. The van der Waals surface area contributed by atoms with Gasteiger partial charge in [0.25, 0.3) is 0 Å². The summed E-state index contributed by atoms with van der Waals surface area (Å²) in [5.74, 6) is 1.18. The topological polar surface area (TPSA) is 63.4 Å². The number of hydrogen-bond donors (Lipinski definition) is 1. The maximum atomic E-state index is 11.6. The van der Waals surface area contributed by atoms with Crippen molar-refractivity contribution in [1.29, 1.82) is 0 Å². The van der Waals surface area contributed by atoms with E-state index in [0.29, 0.717) is 6.04 Å². The molecule has 0 spiro atoms. The van der Waals surface area contributed by atoms with Crippen molar-refractivity contribution in [2.45, 2.75) is 44.8 Å². The lowest BCUT2D eigenvalue weighted by molar-refractivity contribution is 0.148. The fourth-order valence-corrected chi connectivity index (χ4v) is 4.43. The molecule has 2 aliphatic rings. The molecule has 0 bridgehead atoms. The summed E-state index contributed by atoms with van der Waals surface area (Å²) >= 11 is 0. The molecule has 0 aromatic carbocycles. The molecule has 2 atom stereocenters. The molecule has 94 valence electrons. The van der Waals surface area contributed by atoms with E-state index in [2.05, 4.69) is 18.7 Å². The molecule has 0 amide bonds. The Morgan fingerprint density at radius 3 is 2.31 bits per heavy atom. The number of nitrogens with two attached hydrogens (primary N) is 1. The van der Waals surface area contributed by atoms with Gasteiger partial charge in [0.05, 0.1) is 11.5 Å². The van der Waals surface area contributed by atoms with Crippen LogP contribution in [0.4, 0.5) is 0 Å². The number of sulfone groups is 1. The van der Waals surface area contributed by atoms with Gasteiger partial charge < -0.3 is 5.73 Å². The van der Waals surface area contributed by atoms with Crippen LogP contribution in [0.2, 0.25) is 0 Å². The third-order valence-corrected chi connectivity index (χ3v) is 5.36. The molecule has 2 N–H and O–H groups in total. The third kappa shape index (κ3) is 2.76. The van der Waals surface area contributed by atoms with Crippen LogP contribution in [0.25, 0.3) is 0 Å². The molecule has 0 radical (unpaired) electrons. The van der Waals surface area contributed by atoms with Crippen LogP contribution < -0.4 is 5.73 Å². The van der Waals surface area contributed by atoms with Gasteiger partial charge in [-0.1, -0.05) is 0 Å². The van der Waals surface area contributed by atoms with E-state index in [-0.39, 0.29) is 23.6 Å². The van der Waals surface area contributed by atoms with Gasteiger partial charge in [-0.3, -0.25) is 4.90 Å². The summed E-state index contributed by atoms with van der Waals surface area (Å²) in [5.41, 5.74) is 5.97. The Bertz CT molecular complexity index is 349. The summed E-state index contributed by atoms with van der Waals surface area (Å²) in [5, 5.41) is 0. The van der Waals surface area contributed by atoms with E-state index in [4.69, 9.17) is 5.73 Å². The highest BCUT2D eigenvalue weighted by atomic mass is 32.2. The first-order chi connectivity index (χ1) is 7.39. The highest BCUT2D eigenvalue weighted by Crippen LogP contribution is 2.32. The van der Waals surface area contributed by atoms with Crippen LogP contribution in [0.1, 0.15) is 26.7 Å². The van der Waals surface area contributed by atoms with Crippen molar-refractivity contribution in [1.82, 2.24) is 4.90 Å². The molecule has 1 heterocycles. The molecule has 2 rings (SSSR count). The Balaban J connectivity index is 2.07. The first kappa shape index (κ1) is 12.3. The SMILES string of the molecule is CC(C)N(CC1CC1)C1CS(=O)(=O)CC1N. The van der Waals surface area contributed by atoms with Gasteiger partial charge in [-0.25, -0.2) is 8.42 Å². The maximum absolute atomic E-state index is 11.6. The Morgan fingerprint density at radius 1 is 1.31 bits per heavy atom. The van der Waals surface area contributed by atoms with Crippen LogP contribution in [0.3, 0.4) is 0 Å². The van der Waals surface area contributed by atoms with Crippen molar-refractivity contribution in [2.75, 3.05) is 18.1 Å². The lowest BCUT2D eigenvalue weighted by atomic mass is 10.1. The van der Waals surface area contributed by atoms with Gasteiger partial charge in [-0.05, 0) is 32.6 Å². The van der Waals surface area contributed by atoms with E-state index in [0.717, 1.165) is 12.5 Å². The highest BCUT2D eigenvalue weighted by molar-refractivity contribution is 7.91. The van der Waals surface area contributed by atoms with Crippen molar-refractivity contribution in [3.8, 4) is 0 Å². The maximum Gasteiger partial charge on any atom is 0.153 e. The molecule has 1 saturated carbocycles. The monoisotopic (exact) mass is 246 g/mol. The summed E-state index contributed by atoms with van der Waals surface area (Å²) in [4.78, 5) is 2.30. The van der Waals surface area contributed by atoms with Crippen molar-refractivity contribution in [3.05, 3.63) is 0 Å². The lowest BCUT2D eigenvalue weighted by Gasteiger charge is -2.34. The van der Waals surface area contributed by atoms with Crippen molar-refractivity contribution in [3.63, 3.8) is 0 Å². The summed E-state index contributed by atoms with van der Waals surface area (Å²) < 4.78 is 23.1. The average molecular weight is 246 g/mol. The van der Waals surface area contributed by atoms with Gasteiger partial charge in [0.15, 0.2) is 9.84 Å². The Labute approximate surface area is 98.1 Å². The van der Waals surface area contributed by atoms with Crippen molar-refractivity contribution >= 4 is 9.84 Å². The van der Waals surface area contributed by atoms with Crippen molar-refractivity contribution < 1.29 is 8.42 Å². The van der Waals surface area contributed by atoms with E-state index >= 15 is 0 Å². The molecule has 1 aliphatic carbocycles. The lowest BCUT2D eigenvalue weighted by Crippen LogP contribution is -2.50. The van der Waals surface area contributed by atoms with Crippen LogP contribution in [0, 0.1) is 5.92 Å². The molecular weight excluding hydrogens is 224 g/mol. The average Bonchev–Trinajstić information content (AvgIpc) is 2.89. The second kappa shape index (κ2) is 4.27. The summed E-state index contributed by atoms with van der Waals surface area (Å²) in [7, 11) is -2.91. The predicted octanol–water partition coefficient (Wildman–Crippen LogP) is 0.231. The van der Waals surface area contributed by atoms with Gasteiger partial charge in [-0.2, -0.15) is 0 Å². The van der Waals surface area contributed by atoms with Crippen LogP contribution in [0.5, 0.6) is 0 Å². The van der Waals surface area contributed by atoms with Gasteiger partial charge in [-0.15, -0.1) is 0 Å². The zero-order valence-corrected chi connectivity index (χ0v) is 10.9. The summed E-state index contributed by atoms with van der Waals surface area (Å²) in [6, 6.07) is 0.210. The van der Waals surface area contributed by atoms with Crippen LogP contribution in [-0.2, 0) is 9.84 Å². The molecular formula is C11H22N2O2S. The number of hydrogen-bond acceptors (Lipinski definition) is 4. The molecule has 5 heteroatoms. The minimum Gasteiger partial charge on any atom is -0.325 e. The second-order valence-corrected chi connectivity index (χ2v) is 7.70. The van der Waals surface area contributed by atoms with E-state index in [1.807, 2.05) is 0 Å². The zero-order valence-electron chi connectivity index (χ0n) is 10.1. The zero-order chi connectivity index (χ0) is 11.9.